The zero-order chi connectivity index (χ0) is 31.9. The minimum Gasteiger partial charge on any atom is -0.495 e. The molecule has 1 heterocycles. The molecule has 0 bridgehead atoms. The van der Waals surface area contributed by atoms with Crippen molar-refractivity contribution in [3.05, 3.63) is 108 Å². The van der Waals surface area contributed by atoms with Gasteiger partial charge in [-0.3, -0.25) is 9.59 Å². The van der Waals surface area contributed by atoms with Crippen LogP contribution in [0.15, 0.2) is 91.0 Å². The van der Waals surface area contributed by atoms with Crippen molar-refractivity contribution >= 4 is 23.2 Å². The standard InChI is InChI=1S/C35H37N3O7/c1-41-28-16-15-24(17-27(28)37-34(39)26(36)21-45-20-22-11-7-5-8-12-22)32-31(23-13-9-6-10-14-23)35(40)38(32)25-18-29(42-2)33(44-4)30(19-25)43-3/h5-19,26,31-32H,20-21,36H2,1-4H3,(H,37,39)/t26-,31-,32-/m0/s1. The number of anilines is 2. The molecule has 0 spiro atoms. The molecule has 1 aliphatic heterocycles. The van der Waals surface area contributed by atoms with Gasteiger partial charge in [-0.15, -0.1) is 0 Å². The number of amides is 2. The Balaban J connectivity index is 1.45. The van der Waals surface area contributed by atoms with Crippen molar-refractivity contribution in [1.29, 1.82) is 0 Å². The molecule has 0 aliphatic carbocycles. The number of methoxy groups -OCH3 is 4. The Morgan fingerprint density at radius 1 is 0.800 bits per heavy atom. The van der Waals surface area contributed by atoms with Crippen LogP contribution in [0.25, 0.3) is 0 Å². The van der Waals surface area contributed by atoms with Gasteiger partial charge in [0.1, 0.15) is 11.8 Å². The fraction of sp³-hybridized carbons (Fsp3) is 0.257. The first kappa shape index (κ1) is 31.4. The van der Waals surface area contributed by atoms with Gasteiger partial charge in [-0.1, -0.05) is 66.7 Å². The van der Waals surface area contributed by atoms with E-state index in [-0.39, 0.29) is 12.5 Å². The molecular formula is C35H37N3O7. The zero-order valence-corrected chi connectivity index (χ0v) is 25.7. The molecule has 1 fully saturated rings. The molecule has 2 amide bonds. The van der Waals surface area contributed by atoms with E-state index in [1.165, 1.54) is 28.4 Å². The summed E-state index contributed by atoms with van der Waals surface area (Å²) in [5.41, 5.74) is 9.82. The van der Waals surface area contributed by atoms with Crippen molar-refractivity contribution in [1.82, 2.24) is 0 Å². The normalized spacial score (nSPS) is 16.4. The Labute approximate surface area is 262 Å². The van der Waals surface area contributed by atoms with Crippen LogP contribution in [-0.2, 0) is 20.9 Å². The summed E-state index contributed by atoms with van der Waals surface area (Å²) in [6.45, 7) is 0.374. The van der Waals surface area contributed by atoms with Crippen LogP contribution >= 0.6 is 0 Å². The average molecular weight is 612 g/mol. The van der Waals surface area contributed by atoms with Crippen molar-refractivity contribution in [2.75, 3.05) is 45.3 Å². The molecule has 3 atom stereocenters. The van der Waals surface area contributed by atoms with Gasteiger partial charge in [-0.05, 0) is 28.8 Å². The summed E-state index contributed by atoms with van der Waals surface area (Å²) in [6, 6.07) is 26.8. The SMILES string of the molecule is COc1ccc([C@H]2[C@H](c3ccccc3)C(=O)N2c2cc(OC)c(OC)c(OC)c2)cc1NC(=O)[C@@H](N)COCc1ccccc1. The van der Waals surface area contributed by atoms with Crippen molar-refractivity contribution in [2.24, 2.45) is 5.73 Å². The molecular weight excluding hydrogens is 574 g/mol. The monoisotopic (exact) mass is 611 g/mol. The summed E-state index contributed by atoms with van der Waals surface area (Å²) in [7, 11) is 6.10. The quantitative estimate of drug-likeness (QED) is 0.201. The molecule has 234 valence electrons. The lowest BCUT2D eigenvalue weighted by Gasteiger charge is -2.48. The number of benzene rings is 4. The molecule has 10 nitrogen and oxygen atoms in total. The molecule has 45 heavy (non-hydrogen) atoms. The van der Waals surface area contributed by atoms with E-state index in [0.29, 0.717) is 41.0 Å². The molecule has 1 saturated heterocycles. The van der Waals surface area contributed by atoms with Crippen LogP contribution in [-0.4, -0.2) is 52.9 Å². The number of nitrogens with two attached hydrogens (primary N) is 1. The van der Waals surface area contributed by atoms with E-state index in [2.05, 4.69) is 5.32 Å². The van der Waals surface area contributed by atoms with E-state index < -0.39 is 23.9 Å². The highest BCUT2D eigenvalue weighted by Crippen LogP contribution is 2.52. The number of carbonyl (C=O) groups is 2. The molecule has 10 heteroatoms. The number of β-lactam (4-membered cyclic amide) rings is 1. The zero-order valence-electron chi connectivity index (χ0n) is 25.7. The molecule has 0 unspecified atom stereocenters. The van der Waals surface area contributed by atoms with Gasteiger partial charge in [0, 0.05) is 12.1 Å². The Morgan fingerprint density at radius 3 is 2.02 bits per heavy atom. The van der Waals surface area contributed by atoms with Gasteiger partial charge < -0.3 is 39.6 Å². The highest BCUT2D eigenvalue weighted by molar-refractivity contribution is 6.07. The minimum atomic E-state index is -0.917. The first-order chi connectivity index (χ1) is 21.9. The molecule has 5 rings (SSSR count). The molecule has 0 radical (unpaired) electrons. The highest BCUT2D eigenvalue weighted by atomic mass is 16.5. The van der Waals surface area contributed by atoms with Gasteiger partial charge in [0.05, 0.1) is 65.0 Å². The lowest BCUT2D eigenvalue weighted by atomic mass is 9.77. The summed E-state index contributed by atoms with van der Waals surface area (Å²) in [5.74, 6) is 0.720. The van der Waals surface area contributed by atoms with Crippen molar-refractivity contribution in [3.63, 3.8) is 0 Å². The number of ether oxygens (including phenoxy) is 5. The third kappa shape index (κ3) is 6.57. The Kier molecular flexibility index (Phi) is 9.86. The van der Waals surface area contributed by atoms with Crippen LogP contribution in [0.4, 0.5) is 11.4 Å². The Bertz CT molecular complexity index is 1610. The van der Waals surface area contributed by atoms with Gasteiger partial charge in [0.25, 0.3) is 0 Å². The fourth-order valence-electron chi connectivity index (χ4n) is 5.50. The van der Waals surface area contributed by atoms with Crippen LogP contribution in [0.5, 0.6) is 23.0 Å². The predicted molar refractivity (Wildman–Crippen MR) is 171 cm³/mol. The summed E-state index contributed by atoms with van der Waals surface area (Å²) >= 11 is 0. The second kappa shape index (κ2) is 14.1. The van der Waals surface area contributed by atoms with Gasteiger partial charge in [-0.25, -0.2) is 0 Å². The fourth-order valence-corrected chi connectivity index (χ4v) is 5.50. The third-order valence-electron chi connectivity index (χ3n) is 7.75. The number of rotatable bonds is 13. The second-order valence-electron chi connectivity index (χ2n) is 10.5. The maximum absolute atomic E-state index is 13.9. The van der Waals surface area contributed by atoms with E-state index in [9.17, 15) is 9.59 Å². The molecule has 1 aliphatic rings. The van der Waals surface area contributed by atoms with Gasteiger partial charge in [0.2, 0.25) is 17.6 Å². The molecule has 3 N–H and O–H groups in total. The Morgan fingerprint density at radius 2 is 1.42 bits per heavy atom. The van der Waals surface area contributed by atoms with E-state index in [1.807, 2.05) is 72.8 Å². The first-order valence-electron chi connectivity index (χ1n) is 14.4. The second-order valence-corrected chi connectivity index (χ2v) is 10.5. The number of hydrogen-bond donors (Lipinski definition) is 2. The minimum absolute atomic E-state index is 0.0326. The number of hydrogen-bond acceptors (Lipinski definition) is 8. The van der Waals surface area contributed by atoms with Crippen molar-refractivity contribution in [3.8, 4) is 23.0 Å². The smallest absolute Gasteiger partial charge is 0.243 e. The van der Waals surface area contributed by atoms with Gasteiger partial charge in [-0.2, -0.15) is 0 Å². The molecule has 0 saturated carbocycles. The maximum Gasteiger partial charge on any atom is 0.243 e. The van der Waals surface area contributed by atoms with E-state index in [0.717, 1.165) is 16.7 Å². The predicted octanol–water partition coefficient (Wildman–Crippen LogP) is 5.08. The summed E-state index contributed by atoms with van der Waals surface area (Å²) in [6.07, 6.45) is 0. The average Bonchev–Trinajstić information content (AvgIpc) is 3.07. The van der Waals surface area contributed by atoms with Crippen molar-refractivity contribution in [2.45, 2.75) is 24.6 Å². The maximum atomic E-state index is 13.9. The topological polar surface area (TPSA) is 122 Å². The van der Waals surface area contributed by atoms with Gasteiger partial charge >= 0.3 is 0 Å². The number of nitrogens with one attached hydrogen (secondary N) is 1. The van der Waals surface area contributed by atoms with Gasteiger partial charge in [0.15, 0.2) is 11.5 Å². The van der Waals surface area contributed by atoms with Crippen LogP contribution in [0.1, 0.15) is 28.7 Å². The molecule has 4 aromatic rings. The molecule has 0 aromatic heterocycles. The summed E-state index contributed by atoms with van der Waals surface area (Å²) < 4.78 is 27.9. The molecule has 4 aromatic carbocycles. The first-order valence-corrected chi connectivity index (χ1v) is 14.4. The van der Waals surface area contributed by atoms with Crippen LogP contribution in [0.3, 0.4) is 0 Å². The van der Waals surface area contributed by atoms with Crippen molar-refractivity contribution < 1.29 is 33.3 Å². The van der Waals surface area contributed by atoms with Crippen LogP contribution < -0.4 is 34.9 Å². The Hall–Kier alpha value is -5.06. The lowest BCUT2D eigenvalue weighted by Crippen LogP contribution is -2.53. The lowest BCUT2D eigenvalue weighted by molar-refractivity contribution is -0.126. The summed E-state index contributed by atoms with van der Waals surface area (Å²) in [5, 5.41) is 2.90. The van der Waals surface area contributed by atoms with E-state index >= 15 is 0 Å². The van der Waals surface area contributed by atoms with E-state index in [1.54, 1.807) is 23.1 Å². The number of carbonyl (C=O) groups excluding carboxylic acids is 2. The van der Waals surface area contributed by atoms with Crippen LogP contribution in [0.2, 0.25) is 0 Å². The third-order valence-corrected chi connectivity index (χ3v) is 7.75. The summed E-state index contributed by atoms with van der Waals surface area (Å²) in [4.78, 5) is 28.7. The van der Waals surface area contributed by atoms with E-state index in [4.69, 9.17) is 29.4 Å². The number of nitrogens with zero attached hydrogens (tertiary/aromatic N) is 1. The van der Waals surface area contributed by atoms with Crippen LogP contribution in [0, 0.1) is 0 Å². The highest BCUT2D eigenvalue weighted by Gasteiger charge is 2.50. The largest absolute Gasteiger partial charge is 0.495 e.